The highest BCUT2D eigenvalue weighted by atomic mass is 35.5. The normalized spacial score (nSPS) is 26.7. The van der Waals surface area contributed by atoms with Crippen molar-refractivity contribution in [3.05, 3.63) is 57.1 Å². The molecule has 0 aromatic heterocycles. The maximum atomic E-state index is 14.2. The molecule has 3 aliphatic rings. The number of benzene rings is 2. The van der Waals surface area contributed by atoms with Crippen molar-refractivity contribution in [3.63, 3.8) is 0 Å². The molecule has 0 bridgehead atoms. The number of aryl methyl sites for hydroxylation is 1. The number of thioether (sulfide) groups is 1. The van der Waals surface area contributed by atoms with Crippen LogP contribution in [0.3, 0.4) is 0 Å². The van der Waals surface area contributed by atoms with Gasteiger partial charge in [-0.2, -0.15) is 0 Å². The quantitative estimate of drug-likeness (QED) is 0.534. The molecule has 2 atom stereocenters. The second-order valence-corrected chi connectivity index (χ2v) is 11.1. The van der Waals surface area contributed by atoms with E-state index in [0.717, 1.165) is 23.2 Å². The number of anilines is 2. The third kappa shape index (κ3) is 2.49. The monoisotopic (exact) mass is 460 g/mol. The Labute approximate surface area is 190 Å². The molecule has 3 heterocycles. The minimum absolute atomic E-state index is 0.0526. The second kappa shape index (κ2) is 6.41. The van der Waals surface area contributed by atoms with Crippen molar-refractivity contribution in [2.45, 2.75) is 50.4 Å². The van der Waals surface area contributed by atoms with Crippen LogP contribution in [0.25, 0.3) is 0 Å². The summed E-state index contributed by atoms with van der Waals surface area (Å²) in [5.74, 6) is 0.405. The molecule has 1 spiro atoms. The summed E-state index contributed by atoms with van der Waals surface area (Å²) in [5, 5.41) is 0.777. The Morgan fingerprint density at radius 1 is 1.07 bits per heavy atom. The summed E-state index contributed by atoms with van der Waals surface area (Å²) >= 11 is 13.8. The number of hydrogen-bond acceptors (Lipinski definition) is 3. The van der Waals surface area contributed by atoms with Crippen LogP contribution in [0.1, 0.15) is 49.8 Å². The molecule has 3 aliphatic heterocycles. The molecule has 2 aromatic carbocycles. The zero-order valence-corrected chi connectivity index (χ0v) is 19.6. The van der Waals surface area contributed by atoms with Gasteiger partial charge in [0.15, 0.2) is 0 Å². The number of hydrogen-bond donors (Lipinski definition) is 0. The Morgan fingerprint density at radius 2 is 1.80 bits per heavy atom. The molecular formula is C23H22Cl2N2O2S. The zero-order chi connectivity index (χ0) is 21.6. The standard InChI is InChI=1S/C23H22Cl2N2O2S/c1-12-7-15-13(2)10-22(3,4)27-20(15)16(8-12)23(21(27)29)26(19(28)11-30-23)14-5-6-17(24)18(25)9-14/h5-9,13H,10-11H2,1-4H3/t13-,23+/m1/s1. The SMILES string of the molecule is Cc1cc2c3c(c1)[C@]1(SCC(=O)N1c1ccc(Cl)c(Cl)c1)C(=O)N3C(C)(C)C[C@H]2C. The van der Waals surface area contributed by atoms with Gasteiger partial charge in [-0.1, -0.05) is 47.8 Å². The van der Waals surface area contributed by atoms with Crippen LogP contribution in [0.5, 0.6) is 0 Å². The van der Waals surface area contributed by atoms with Gasteiger partial charge in [-0.25, -0.2) is 0 Å². The molecule has 1 fully saturated rings. The van der Waals surface area contributed by atoms with Crippen LogP contribution in [0, 0.1) is 6.92 Å². The number of rotatable bonds is 1. The molecule has 0 aliphatic carbocycles. The molecule has 2 amide bonds. The fourth-order valence-electron chi connectivity index (χ4n) is 5.36. The first-order valence-corrected chi connectivity index (χ1v) is 11.7. The molecule has 0 N–H and O–H groups in total. The Kier molecular flexibility index (Phi) is 4.32. The first-order valence-electron chi connectivity index (χ1n) is 9.99. The number of fused-ring (bicyclic) bond motifs is 1. The van der Waals surface area contributed by atoms with Crippen LogP contribution in [-0.2, 0) is 14.5 Å². The van der Waals surface area contributed by atoms with E-state index >= 15 is 0 Å². The number of halogens is 2. The molecular weight excluding hydrogens is 439 g/mol. The van der Waals surface area contributed by atoms with Gasteiger partial charge in [0, 0.05) is 16.8 Å². The van der Waals surface area contributed by atoms with Crippen LogP contribution in [0.15, 0.2) is 30.3 Å². The lowest BCUT2D eigenvalue weighted by Gasteiger charge is -2.44. The molecule has 5 rings (SSSR count). The fourth-order valence-corrected chi connectivity index (χ4v) is 6.98. The van der Waals surface area contributed by atoms with Crippen LogP contribution in [-0.4, -0.2) is 23.1 Å². The summed E-state index contributed by atoms with van der Waals surface area (Å²) in [6.45, 7) is 8.48. The average molecular weight is 461 g/mol. The minimum atomic E-state index is -1.12. The average Bonchev–Trinajstić information content (AvgIpc) is 3.13. The molecule has 7 heteroatoms. The van der Waals surface area contributed by atoms with E-state index in [1.807, 2.05) is 4.90 Å². The first-order chi connectivity index (χ1) is 14.1. The van der Waals surface area contributed by atoms with E-state index in [0.29, 0.717) is 21.7 Å². The van der Waals surface area contributed by atoms with Crippen molar-refractivity contribution in [3.8, 4) is 0 Å². The van der Waals surface area contributed by atoms with Gasteiger partial charge in [0.05, 0.1) is 21.5 Å². The van der Waals surface area contributed by atoms with Gasteiger partial charge in [-0.3, -0.25) is 14.5 Å². The maximum Gasteiger partial charge on any atom is 0.269 e. The van der Waals surface area contributed by atoms with Crippen LogP contribution in [0.2, 0.25) is 10.0 Å². The molecule has 0 unspecified atom stereocenters. The Balaban J connectivity index is 1.81. The third-order valence-electron chi connectivity index (χ3n) is 6.44. The number of nitrogens with zero attached hydrogens (tertiary/aromatic N) is 2. The van der Waals surface area contributed by atoms with Gasteiger partial charge in [-0.05, 0) is 56.9 Å². The van der Waals surface area contributed by atoms with Crippen molar-refractivity contribution < 1.29 is 9.59 Å². The molecule has 4 nitrogen and oxygen atoms in total. The highest BCUT2D eigenvalue weighted by molar-refractivity contribution is 8.02. The molecule has 30 heavy (non-hydrogen) atoms. The lowest BCUT2D eigenvalue weighted by atomic mass is 9.80. The summed E-state index contributed by atoms with van der Waals surface area (Å²) in [6, 6.07) is 9.37. The van der Waals surface area contributed by atoms with Crippen LogP contribution >= 0.6 is 35.0 Å². The Hall–Kier alpha value is -1.69. The van der Waals surface area contributed by atoms with E-state index in [4.69, 9.17) is 23.2 Å². The van der Waals surface area contributed by atoms with Gasteiger partial charge in [0.25, 0.3) is 5.91 Å². The molecule has 0 saturated carbocycles. The summed E-state index contributed by atoms with van der Waals surface area (Å²) in [7, 11) is 0. The van der Waals surface area contributed by atoms with Crippen molar-refractivity contribution in [1.82, 2.24) is 0 Å². The summed E-state index contributed by atoms with van der Waals surface area (Å²) in [5.41, 5.74) is 4.41. The van der Waals surface area contributed by atoms with E-state index in [1.165, 1.54) is 17.3 Å². The fraction of sp³-hybridized carbons (Fsp3) is 0.391. The summed E-state index contributed by atoms with van der Waals surface area (Å²) in [6.07, 6.45) is 0.871. The van der Waals surface area contributed by atoms with E-state index < -0.39 is 4.87 Å². The maximum absolute atomic E-state index is 14.2. The predicted octanol–water partition coefficient (Wildman–Crippen LogP) is 5.87. The van der Waals surface area contributed by atoms with Crippen LogP contribution < -0.4 is 9.80 Å². The van der Waals surface area contributed by atoms with Gasteiger partial charge >= 0.3 is 0 Å². The third-order valence-corrected chi connectivity index (χ3v) is 8.56. The van der Waals surface area contributed by atoms with E-state index in [1.54, 1.807) is 23.1 Å². The van der Waals surface area contributed by atoms with Crippen LogP contribution in [0.4, 0.5) is 11.4 Å². The minimum Gasteiger partial charge on any atom is -0.303 e. The number of carbonyl (C=O) groups is 2. The molecule has 2 aromatic rings. The highest BCUT2D eigenvalue weighted by Gasteiger charge is 2.64. The number of amides is 2. The largest absolute Gasteiger partial charge is 0.303 e. The topological polar surface area (TPSA) is 40.6 Å². The lowest BCUT2D eigenvalue weighted by Crippen LogP contribution is -2.56. The van der Waals surface area contributed by atoms with Gasteiger partial charge in [0.1, 0.15) is 0 Å². The van der Waals surface area contributed by atoms with Crippen molar-refractivity contribution >= 4 is 58.2 Å². The molecule has 156 valence electrons. The second-order valence-electron chi connectivity index (χ2n) is 9.07. The Morgan fingerprint density at radius 3 is 2.50 bits per heavy atom. The Bertz CT molecular complexity index is 1130. The van der Waals surface area contributed by atoms with Crippen molar-refractivity contribution in [2.24, 2.45) is 0 Å². The zero-order valence-electron chi connectivity index (χ0n) is 17.3. The van der Waals surface area contributed by atoms with Gasteiger partial charge < -0.3 is 4.90 Å². The van der Waals surface area contributed by atoms with E-state index in [9.17, 15) is 9.59 Å². The van der Waals surface area contributed by atoms with E-state index in [-0.39, 0.29) is 23.1 Å². The predicted molar refractivity (Wildman–Crippen MR) is 124 cm³/mol. The van der Waals surface area contributed by atoms with Crippen molar-refractivity contribution in [1.29, 1.82) is 0 Å². The highest BCUT2D eigenvalue weighted by Crippen LogP contribution is 2.61. The molecule has 0 radical (unpaired) electrons. The van der Waals surface area contributed by atoms with Gasteiger partial charge in [0.2, 0.25) is 10.8 Å². The van der Waals surface area contributed by atoms with E-state index in [2.05, 4.69) is 39.8 Å². The van der Waals surface area contributed by atoms with Gasteiger partial charge in [-0.15, -0.1) is 11.8 Å². The number of carbonyl (C=O) groups excluding carboxylic acids is 2. The summed E-state index contributed by atoms with van der Waals surface area (Å²) < 4.78 is 0. The smallest absolute Gasteiger partial charge is 0.269 e. The first kappa shape index (κ1) is 20.2. The summed E-state index contributed by atoms with van der Waals surface area (Å²) in [4.78, 5) is 29.8. The van der Waals surface area contributed by atoms with Crippen molar-refractivity contribution in [2.75, 3.05) is 15.6 Å². The molecule has 1 saturated heterocycles. The lowest BCUT2D eigenvalue weighted by molar-refractivity contribution is -0.124.